The molecule has 2 aliphatic rings. The van der Waals surface area contributed by atoms with Gasteiger partial charge in [-0.1, -0.05) is 25.7 Å². The van der Waals surface area contributed by atoms with Gasteiger partial charge in [0.05, 0.1) is 16.0 Å². The molecule has 0 spiro atoms. The standard InChI is InChI=1S/C19H24F6N2O2S/c20-18(21,22)14-11-15(19(23,24)25)13-17(12-14)30(28,29)27-9-7-26(8-10-27)16-5-3-1-2-4-6-16/h11-13,16H,1-10H2. The Hall–Kier alpha value is -1.33. The number of hydrogen-bond donors (Lipinski definition) is 0. The van der Waals surface area contributed by atoms with Gasteiger partial charge in [0.2, 0.25) is 10.0 Å². The summed E-state index contributed by atoms with van der Waals surface area (Å²) in [5.74, 6) is 0. The molecule has 0 N–H and O–H groups in total. The molecule has 1 saturated carbocycles. The second-order valence-corrected chi connectivity index (χ2v) is 9.76. The van der Waals surface area contributed by atoms with Crippen LogP contribution in [-0.2, 0) is 22.4 Å². The lowest BCUT2D eigenvalue weighted by molar-refractivity contribution is -0.143. The van der Waals surface area contributed by atoms with Crippen LogP contribution in [0.4, 0.5) is 26.3 Å². The van der Waals surface area contributed by atoms with Crippen LogP contribution in [0, 0.1) is 0 Å². The SMILES string of the molecule is O=S(=O)(c1cc(C(F)(F)F)cc(C(F)(F)F)c1)N1CCN(C2CCCCCC2)CC1. The van der Waals surface area contributed by atoms with Crippen LogP contribution in [0.25, 0.3) is 0 Å². The smallest absolute Gasteiger partial charge is 0.298 e. The lowest BCUT2D eigenvalue weighted by Crippen LogP contribution is -2.51. The molecule has 0 aromatic heterocycles. The van der Waals surface area contributed by atoms with Crippen LogP contribution in [0.15, 0.2) is 23.1 Å². The zero-order chi connectivity index (χ0) is 22.2. The van der Waals surface area contributed by atoms with Gasteiger partial charge in [-0.05, 0) is 31.0 Å². The van der Waals surface area contributed by atoms with Crippen molar-refractivity contribution in [3.8, 4) is 0 Å². The minimum Gasteiger partial charge on any atom is -0.298 e. The predicted molar refractivity (Wildman–Crippen MR) is 98.3 cm³/mol. The normalized spacial score (nSPS) is 21.5. The van der Waals surface area contributed by atoms with Gasteiger partial charge in [0.15, 0.2) is 0 Å². The highest BCUT2D eigenvalue weighted by Gasteiger charge is 2.39. The van der Waals surface area contributed by atoms with Gasteiger partial charge in [0.25, 0.3) is 0 Å². The third-order valence-electron chi connectivity index (χ3n) is 5.81. The quantitative estimate of drug-likeness (QED) is 0.485. The number of sulfonamides is 1. The molecule has 0 unspecified atom stereocenters. The third kappa shape index (κ3) is 5.28. The zero-order valence-corrected chi connectivity index (χ0v) is 17.1. The van der Waals surface area contributed by atoms with Crippen LogP contribution in [0.5, 0.6) is 0 Å². The van der Waals surface area contributed by atoms with Gasteiger partial charge in [0.1, 0.15) is 0 Å². The molecule has 1 aliphatic carbocycles. The van der Waals surface area contributed by atoms with Gasteiger partial charge in [-0.3, -0.25) is 4.90 Å². The van der Waals surface area contributed by atoms with Crippen molar-refractivity contribution in [1.82, 2.24) is 9.21 Å². The fourth-order valence-corrected chi connectivity index (χ4v) is 5.65. The molecular weight excluding hydrogens is 434 g/mol. The Labute approximate surface area is 171 Å². The topological polar surface area (TPSA) is 40.6 Å². The molecule has 1 aromatic carbocycles. The predicted octanol–water partition coefficient (Wildman–Crippen LogP) is 4.75. The fraction of sp³-hybridized carbons (Fsp3) is 0.684. The molecule has 0 atom stereocenters. The summed E-state index contributed by atoms with van der Waals surface area (Å²) in [6, 6.07) is 0.843. The summed E-state index contributed by atoms with van der Waals surface area (Å²) in [7, 11) is -4.48. The molecule has 2 fully saturated rings. The largest absolute Gasteiger partial charge is 0.416 e. The van der Waals surface area contributed by atoms with Gasteiger partial charge in [-0.15, -0.1) is 0 Å². The van der Waals surface area contributed by atoms with Crippen LogP contribution in [0.2, 0.25) is 0 Å². The highest BCUT2D eigenvalue weighted by Crippen LogP contribution is 2.38. The van der Waals surface area contributed by atoms with E-state index in [4.69, 9.17) is 0 Å². The number of hydrogen-bond acceptors (Lipinski definition) is 3. The highest BCUT2D eigenvalue weighted by atomic mass is 32.2. The number of alkyl halides is 6. The van der Waals surface area contributed by atoms with Crippen molar-refractivity contribution >= 4 is 10.0 Å². The van der Waals surface area contributed by atoms with E-state index in [0.29, 0.717) is 19.1 Å². The Morgan fingerprint density at radius 1 is 0.733 bits per heavy atom. The molecule has 0 bridgehead atoms. The van der Waals surface area contributed by atoms with Gasteiger partial charge in [0, 0.05) is 32.2 Å². The van der Waals surface area contributed by atoms with E-state index in [1.54, 1.807) is 0 Å². The first-order valence-corrected chi connectivity index (χ1v) is 11.4. The first kappa shape index (κ1) is 23.3. The molecule has 1 aliphatic heterocycles. The lowest BCUT2D eigenvalue weighted by Gasteiger charge is -2.38. The van der Waals surface area contributed by atoms with Gasteiger partial charge < -0.3 is 0 Å². The Bertz CT molecular complexity index is 805. The minimum absolute atomic E-state index is 0.0381. The Morgan fingerprint density at radius 2 is 1.20 bits per heavy atom. The molecule has 1 heterocycles. The number of rotatable bonds is 3. The van der Waals surface area contributed by atoms with E-state index in [9.17, 15) is 34.8 Å². The van der Waals surface area contributed by atoms with Crippen molar-refractivity contribution in [2.75, 3.05) is 26.2 Å². The average molecular weight is 458 g/mol. The van der Waals surface area contributed by atoms with E-state index in [2.05, 4.69) is 4.90 Å². The first-order chi connectivity index (χ1) is 13.9. The van der Waals surface area contributed by atoms with Crippen molar-refractivity contribution in [3.63, 3.8) is 0 Å². The minimum atomic E-state index is -5.09. The third-order valence-corrected chi connectivity index (χ3v) is 7.69. The molecular formula is C19H24F6N2O2S. The van der Waals surface area contributed by atoms with Crippen molar-refractivity contribution in [2.24, 2.45) is 0 Å². The Balaban J connectivity index is 1.82. The second-order valence-electron chi connectivity index (χ2n) is 7.83. The molecule has 30 heavy (non-hydrogen) atoms. The second kappa shape index (κ2) is 8.66. The van der Waals surface area contributed by atoms with Crippen molar-refractivity contribution in [2.45, 2.75) is 61.8 Å². The first-order valence-electron chi connectivity index (χ1n) is 9.93. The molecule has 11 heteroatoms. The molecule has 170 valence electrons. The number of nitrogens with zero attached hydrogens (tertiary/aromatic N) is 2. The highest BCUT2D eigenvalue weighted by molar-refractivity contribution is 7.89. The van der Waals surface area contributed by atoms with Gasteiger partial charge >= 0.3 is 12.4 Å². The molecule has 1 saturated heterocycles. The monoisotopic (exact) mass is 458 g/mol. The van der Waals surface area contributed by atoms with E-state index >= 15 is 0 Å². The average Bonchev–Trinajstić information content (AvgIpc) is 2.96. The molecule has 4 nitrogen and oxygen atoms in total. The number of halogens is 6. The van der Waals surface area contributed by atoms with Gasteiger partial charge in [-0.2, -0.15) is 30.6 Å². The Kier molecular flexibility index (Phi) is 6.74. The zero-order valence-electron chi connectivity index (χ0n) is 16.3. The summed E-state index contributed by atoms with van der Waals surface area (Å²) in [6.45, 7) is 0.900. The summed E-state index contributed by atoms with van der Waals surface area (Å²) < 4.78 is 105. The van der Waals surface area contributed by atoms with Crippen LogP contribution < -0.4 is 0 Å². The van der Waals surface area contributed by atoms with E-state index in [1.807, 2.05) is 0 Å². The maximum absolute atomic E-state index is 13.1. The lowest BCUT2D eigenvalue weighted by atomic mass is 10.1. The van der Waals surface area contributed by atoms with Gasteiger partial charge in [-0.25, -0.2) is 8.42 Å². The number of piperazine rings is 1. The van der Waals surface area contributed by atoms with Crippen LogP contribution in [0.3, 0.4) is 0 Å². The number of benzene rings is 1. The van der Waals surface area contributed by atoms with E-state index in [-0.39, 0.29) is 31.3 Å². The molecule has 0 radical (unpaired) electrons. The van der Waals surface area contributed by atoms with Crippen molar-refractivity contribution in [1.29, 1.82) is 0 Å². The summed E-state index contributed by atoms with van der Waals surface area (Å²) in [4.78, 5) is 1.21. The van der Waals surface area contributed by atoms with Crippen LogP contribution in [0.1, 0.15) is 49.7 Å². The summed E-state index contributed by atoms with van der Waals surface area (Å²) >= 11 is 0. The summed E-state index contributed by atoms with van der Waals surface area (Å²) in [5.41, 5.74) is -3.26. The van der Waals surface area contributed by atoms with E-state index < -0.39 is 38.4 Å². The fourth-order valence-electron chi connectivity index (χ4n) is 4.16. The molecule has 3 rings (SSSR count). The Morgan fingerprint density at radius 3 is 1.63 bits per heavy atom. The molecule has 0 amide bonds. The maximum Gasteiger partial charge on any atom is 0.416 e. The van der Waals surface area contributed by atoms with Crippen LogP contribution >= 0.6 is 0 Å². The maximum atomic E-state index is 13.1. The van der Waals surface area contributed by atoms with E-state index in [1.165, 1.54) is 12.8 Å². The summed E-state index contributed by atoms with van der Waals surface area (Å²) in [6.07, 6.45) is -3.59. The van der Waals surface area contributed by atoms with E-state index in [0.717, 1.165) is 30.0 Å². The van der Waals surface area contributed by atoms with Crippen molar-refractivity contribution in [3.05, 3.63) is 29.3 Å². The van der Waals surface area contributed by atoms with Crippen LogP contribution in [-0.4, -0.2) is 49.8 Å². The summed E-state index contributed by atoms with van der Waals surface area (Å²) in [5, 5.41) is 0. The molecule has 1 aromatic rings. The van der Waals surface area contributed by atoms with Crippen molar-refractivity contribution < 1.29 is 34.8 Å².